The van der Waals surface area contributed by atoms with Crippen LogP contribution in [0.1, 0.15) is 17.4 Å². The Bertz CT molecular complexity index is 509. The summed E-state index contributed by atoms with van der Waals surface area (Å²) in [7, 11) is 0. The van der Waals surface area contributed by atoms with Crippen LogP contribution in [0.2, 0.25) is 0 Å². The molecule has 0 saturated heterocycles. The fourth-order valence-electron chi connectivity index (χ4n) is 1.20. The number of fused-ring (bicyclic) bond motifs is 1. The van der Waals surface area contributed by atoms with Crippen molar-refractivity contribution in [2.75, 3.05) is 6.61 Å². The summed E-state index contributed by atoms with van der Waals surface area (Å²) >= 11 is 3.29. The molecule has 0 amide bonds. The van der Waals surface area contributed by atoms with E-state index in [0.29, 0.717) is 12.1 Å². The molecule has 5 nitrogen and oxygen atoms in total. The lowest BCUT2D eigenvalue weighted by atomic mass is 10.3. The van der Waals surface area contributed by atoms with E-state index in [2.05, 4.69) is 31.1 Å². The lowest BCUT2D eigenvalue weighted by Crippen LogP contribution is -2.06. The van der Waals surface area contributed by atoms with Crippen LogP contribution in [0.25, 0.3) is 10.9 Å². The number of hydrogen-bond donors (Lipinski definition) is 1. The topological polar surface area (TPSA) is 67.9 Å². The molecule has 0 fully saturated rings. The van der Waals surface area contributed by atoms with Crippen LogP contribution in [0.15, 0.2) is 16.9 Å². The maximum absolute atomic E-state index is 11.4. The number of esters is 1. The molecule has 0 spiro atoms. The summed E-state index contributed by atoms with van der Waals surface area (Å²) in [6, 6.07) is 1.64. The Hall–Kier alpha value is -1.43. The summed E-state index contributed by atoms with van der Waals surface area (Å²) < 4.78 is 5.57. The average molecular weight is 270 g/mol. The highest BCUT2D eigenvalue weighted by atomic mass is 79.9. The average Bonchev–Trinajstić information content (AvgIpc) is 2.60. The standard InChI is InChI=1S/C9H8BrN3O2/c1-2-15-9(14)6-3-5-7(4-11-6)12-13-8(5)10/h3-4H,2H2,1H3,(H,12,13). The van der Waals surface area contributed by atoms with E-state index < -0.39 is 5.97 Å². The number of H-pyrrole nitrogens is 1. The van der Waals surface area contributed by atoms with Gasteiger partial charge in [0.05, 0.1) is 12.8 Å². The third-order valence-electron chi connectivity index (χ3n) is 1.88. The number of rotatable bonds is 2. The van der Waals surface area contributed by atoms with Gasteiger partial charge in [-0.25, -0.2) is 9.78 Å². The van der Waals surface area contributed by atoms with Crippen molar-refractivity contribution in [3.63, 3.8) is 0 Å². The Morgan fingerprint density at radius 2 is 2.47 bits per heavy atom. The highest BCUT2D eigenvalue weighted by Crippen LogP contribution is 2.20. The molecule has 0 aliphatic carbocycles. The largest absolute Gasteiger partial charge is 0.461 e. The molecule has 6 heteroatoms. The van der Waals surface area contributed by atoms with Crippen LogP contribution in [0, 0.1) is 0 Å². The van der Waals surface area contributed by atoms with Crippen LogP contribution in [0.5, 0.6) is 0 Å². The number of aromatic amines is 1. The highest BCUT2D eigenvalue weighted by Gasteiger charge is 2.11. The maximum Gasteiger partial charge on any atom is 0.356 e. The molecule has 0 aromatic carbocycles. The summed E-state index contributed by atoms with van der Waals surface area (Å²) in [5.74, 6) is -0.424. The Morgan fingerprint density at radius 3 is 3.20 bits per heavy atom. The molecular weight excluding hydrogens is 262 g/mol. The lowest BCUT2D eigenvalue weighted by molar-refractivity contribution is 0.0520. The first kappa shape index (κ1) is 10.1. The number of pyridine rings is 1. The van der Waals surface area contributed by atoms with Gasteiger partial charge in [-0.3, -0.25) is 5.10 Å². The minimum Gasteiger partial charge on any atom is -0.461 e. The van der Waals surface area contributed by atoms with Crippen molar-refractivity contribution >= 4 is 32.8 Å². The zero-order valence-electron chi connectivity index (χ0n) is 7.95. The fraction of sp³-hybridized carbons (Fsp3) is 0.222. The minimum atomic E-state index is -0.424. The molecular formula is C9H8BrN3O2. The molecule has 1 N–H and O–H groups in total. The van der Waals surface area contributed by atoms with Crippen LogP contribution in [0.4, 0.5) is 0 Å². The summed E-state index contributed by atoms with van der Waals surface area (Å²) in [6.45, 7) is 2.09. The fourth-order valence-corrected chi connectivity index (χ4v) is 1.61. The van der Waals surface area contributed by atoms with Crippen molar-refractivity contribution in [2.45, 2.75) is 6.92 Å². The number of aromatic nitrogens is 3. The van der Waals surface area contributed by atoms with Gasteiger partial charge in [-0.15, -0.1) is 0 Å². The molecule has 15 heavy (non-hydrogen) atoms. The summed E-state index contributed by atoms with van der Waals surface area (Å²) in [4.78, 5) is 15.4. The Balaban J connectivity index is 2.45. The lowest BCUT2D eigenvalue weighted by Gasteiger charge is -1.99. The number of nitrogens with zero attached hydrogens (tertiary/aromatic N) is 2. The van der Waals surface area contributed by atoms with Gasteiger partial charge in [0.1, 0.15) is 15.8 Å². The van der Waals surface area contributed by atoms with E-state index in [1.165, 1.54) is 6.20 Å². The van der Waals surface area contributed by atoms with E-state index in [-0.39, 0.29) is 5.69 Å². The van der Waals surface area contributed by atoms with E-state index in [1.54, 1.807) is 13.0 Å². The van der Waals surface area contributed by atoms with Crippen molar-refractivity contribution in [2.24, 2.45) is 0 Å². The quantitative estimate of drug-likeness (QED) is 0.846. The van der Waals surface area contributed by atoms with Crippen molar-refractivity contribution in [3.8, 4) is 0 Å². The molecule has 0 bridgehead atoms. The van der Waals surface area contributed by atoms with Crippen LogP contribution in [0.3, 0.4) is 0 Å². The van der Waals surface area contributed by atoms with E-state index in [0.717, 1.165) is 9.99 Å². The van der Waals surface area contributed by atoms with Crippen LogP contribution >= 0.6 is 15.9 Å². The first-order chi connectivity index (χ1) is 7.22. The molecule has 0 saturated carbocycles. The summed E-state index contributed by atoms with van der Waals surface area (Å²) in [6.07, 6.45) is 1.53. The number of nitrogens with one attached hydrogen (secondary N) is 1. The second kappa shape index (κ2) is 3.98. The molecule has 0 aliphatic rings. The summed E-state index contributed by atoms with van der Waals surface area (Å²) in [5, 5.41) is 7.54. The summed E-state index contributed by atoms with van der Waals surface area (Å²) in [5.41, 5.74) is 0.987. The number of ether oxygens (including phenoxy) is 1. The molecule has 2 heterocycles. The van der Waals surface area contributed by atoms with Gasteiger partial charge >= 0.3 is 5.97 Å². The van der Waals surface area contributed by atoms with Gasteiger partial charge in [0, 0.05) is 5.39 Å². The number of hydrogen-bond acceptors (Lipinski definition) is 4. The molecule has 78 valence electrons. The number of carbonyl (C=O) groups is 1. The second-order valence-corrected chi connectivity index (χ2v) is 3.64. The van der Waals surface area contributed by atoms with Gasteiger partial charge in [-0.2, -0.15) is 5.10 Å². The maximum atomic E-state index is 11.4. The van der Waals surface area contributed by atoms with Gasteiger partial charge in [0.25, 0.3) is 0 Å². The third-order valence-corrected chi connectivity index (χ3v) is 2.48. The smallest absolute Gasteiger partial charge is 0.356 e. The van der Waals surface area contributed by atoms with E-state index >= 15 is 0 Å². The SMILES string of the molecule is CCOC(=O)c1cc2c(Br)[nH]nc2cn1. The van der Waals surface area contributed by atoms with Gasteiger partial charge in [-0.05, 0) is 28.9 Å². The molecule has 0 aliphatic heterocycles. The van der Waals surface area contributed by atoms with E-state index in [4.69, 9.17) is 4.74 Å². The second-order valence-electron chi connectivity index (χ2n) is 2.84. The van der Waals surface area contributed by atoms with Crippen molar-refractivity contribution in [3.05, 3.63) is 22.6 Å². The molecule has 2 rings (SSSR count). The van der Waals surface area contributed by atoms with Crippen LogP contribution in [-0.4, -0.2) is 27.8 Å². The van der Waals surface area contributed by atoms with Crippen molar-refractivity contribution in [1.82, 2.24) is 15.2 Å². The van der Waals surface area contributed by atoms with Crippen LogP contribution in [-0.2, 0) is 4.74 Å². The normalized spacial score (nSPS) is 10.5. The zero-order valence-corrected chi connectivity index (χ0v) is 9.54. The van der Waals surface area contributed by atoms with Crippen LogP contribution < -0.4 is 0 Å². The zero-order chi connectivity index (χ0) is 10.8. The van der Waals surface area contributed by atoms with E-state index in [9.17, 15) is 4.79 Å². The van der Waals surface area contributed by atoms with Gasteiger partial charge in [0.15, 0.2) is 0 Å². The Kier molecular flexibility index (Phi) is 2.68. The van der Waals surface area contributed by atoms with Gasteiger partial charge in [0.2, 0.25) is 0 Å². The predicted molar refractivity (Wildman–Crippen MR) is 57.5 cm³/mol. The van der Waals surface area contributed by atoms with Crippen molar-refractivity contribution < 1.29 is 9.53 Å². The van der Waals surface area contributed by atoms with Gasteiger partial charge < -0.3 is 4.74 Å². The number of carbonyl (C=O) groups excluding carboxylic acids is 1. The van der Waals surface area contributed by atoms with Gasteiger partial charge in [-0.1, -0.05) is 0 Å². The van der Waals surface area contributed by atoms with Crippen molar-refractivity contribution in [1.29, 1.82) is 0 Å². The third kappa shape index (κ3) is 1.85. The Morgan fingerprint density at radius 1 is 1.67 bits per heavy atom. The number of halogens is 1. The monoisotopic (exact) mass is 269 g/mol. The highest BCUT2D eigenvalue weighted by molar-refractivity contribution is 9.10. The minimum absolute atomic E-state index is 0.284. The molecule has 0 radical (unpaired) electrons. The first-order valence-electron chi connectivity index (χ1n) is 4.39. The van der Waals surface area contributed by atoms with E-state index in [1.807, 2.05) is 0 Å². The molecule has 2 aromatic heterocycles. The molecule has 0 atom stereocenters. The molecule has 2 aromatic rings. The molecule has 0 unspecified atom stereocenters. The predicted octanol–water partition coefficient (Wildman–Crippen LogP) is 1.90. The first-order valence-corrected chi connectivity index (χ1v) is 5.18. The Labute approximate surface area is 94.0 Å².